The molecule has 1 aliphatic rings. The van der Waals surface area contributed by atoms with Crippen molar-refractivity contribution in [3.05, 3.63) is 47.2 Å². The van der Waals surface area contributed by atoms with Crippen LogP contribution in [-0.2, 0) is 6.42 Å². The third-order valence-electron chi connectivity index (χ3n) is 3.00. The highest BCUT2D eigenvalue weighted by Crippen LogP contribution is 2.39. The van der Waals surface area contributed by atoms with Crippen LogP contribution in [0.5, 0.6) is 0 Å². The fourth-order valence-electron chi connectivity index (χ4n) is 2.05. The summed E-state index contributed by atoms with van der Waals surface area (Å²) in [5.41, 5.74) is 8.35. The van der Waals surface area contributed by atoms with Crippen LogP contribution < -0.4 is 5.73 Å². The largest absolute Gasteiger partial charge is 0.423 e. The lowest BCUT2D eigenvalue weighted by molar-refractivity contribution is 0.401. The molecule has 1 aromatic heterocycles. The molecule has 3 rings (SSSR count). The first-order valence-corrected chi connectivity index (χ1v) is 5.42. The highest BCUT2D eigenvalue weighted by Gasteiger charge is 2.31. The molecule has 16 heavy (non-hydrogen) atoms. The van der Waals surface area contributed by atoms with Crippen molar-refractivity contribution in [2.24, 2.45) is 5.73 Å². The Hall–Kier alpha value is -1.68. The average Bonchev–Trinajstić information content (AvgIpc) is 2.69. The third-order valence-corrected chi connectivity index (χ3v) is 3.00. The van der Waals surface area contributed by atoms with Crippen LogP contribution in [0.3, 0.4) is 0 Å². The molecular formula is C12H13N3O. The molecule has 0 saturated carbocycles. The molecule has 2 N–H and O–H groups in total. The molecule has 0 aliphatic heterocycles. The summed E-state index contributed by atoms with van der Waals surface area (Å²) in [6.07, 6.45) is 0.983. The van der Waals surface area contributed by atoms with Crippen molar-refractivity contribution in [1.82, 2.24) is 10.2 Å². The van der Waals surface area contributed by atoms with Gasteiger partial charge in [0, 0.05) is 0 Å². The first-order valence-electron chi connectivity index (χ1n) is 5.42. The fourth-order valence-corrected chi connectivity index (χ4v) is 2.05. The van der Waals surface area contributed by atoms with Gasteiger partial charge in [0.1, 0.15) is 0 Å². The smallest absolute Gasteiger partial charge is 0.232 e. The predicted molar refractivity (Wildman–Crippen MR) is 58.9 cm³/mol. The highest BCUT2D eigenvalue weighted by molar-refractivity contribution is 5.43. The zero-order valence-corrected chi connectivity index (χ0v) is 9.05. The summed E-state index contributed by atoms with van der Waals surface area (Å²) in [7, 11) is 0. The lowest BCUT2D eigenvalue weighted by Crippen LogP contribution is -2.18. The maximum absolute atomic E-state index is 5.69. The Labute approximate surface area is 93.5 Å². The number of aromatic nitrogens is 2. The van der Waals surface area contributed by atoms with Gasteiger partial charge in [-0.05, 0) is 24.5 Å². The zero-order chi connectivity index (χ0) is 11.1. The molecule has 2 atom stereocenters. The molecule has 1 heterocycles. The second-order valence-corrected chi connectivity index (χ2v) is 4.22. The van der Waals surface area contributed by atoms with Gasteiger partial charge >= 0.3 is 0 Å². The number of fused-ring (bicyclic) bond motifs is 1. The Balaban J connectivity index is 1.91. The van der Waals surface area contributed by atoms with E-state index in [0.717, 1.165) is 6.42 Å². The summed E-state index contributed by atoms with van der Waals surface area (Å²) >= 11 is 0. The monoisotopic (exact) mass is 215 g/mol. The van der Waals surface area contributed by atoms with E-state index >= 15 is 0 Å². The molecule has 2 aromatic rings. The van der Waals surface area contributed by atoms with Crippen molar-refractivity contribution in [1.29, 1.82) is 0 Å². The molecule has 4 heteroatoms. The maximum atomic E-state index is 5.69. The van der Waals surface area contributed by atoms with Crippen molar-refractivity contribution in [3.8, 4) is 0 Å². The van der Waals surface area contributed by atoms with Crippen LogP contribution in [0, 0.1) is 0 Å². The van der Waals surface area contributed by atoms with E-state index in [0.29, 0.717) is 11.8 Å². The van der Waals surface area contributed by atoms with E-state index < -0.39 is 0 Å². The molecule has 1 aromatic carbocycles. The number of rotatable bonds is 2. The number of benzene rings is 1. The molecule has 82 valence electrons. The first kappa shape index (κ1) is 9.54. The topological polar surface area (TPSA) is 64.9 Å². The van der Waals surface area contributed by atoms with Crippen LogP contribution in [0.25, 0.3) is 0 Å². The average molecular weight is 215 g/mol. The van der Waals surface area contributed by atoms with Gasteiger partial charge in [-0.15, -0.1) is 10.2 Å². The second-order valence-electron chi connectivity index (χ2n) is 4.22. The molecule has 1 aliphatic carbocycles. The molecule has 0 radical (unpaired) electrons. The van der Waals surface area contributed by atoms with Crippen LogP contribution in [0.2, 0.25) is 0 Å². The van der Waals surface area contributed by atoms with Gasteiger partial charge in [0.25, 0.3) is 0 Å². The predicted octanol–water partition coefficient (Wildman–Crippen LogP) is 1.78. The number of nitrogens with two attached hydrogens (primary N) is 1. The summed E-state index contributed by atoms with van der Waals surface area (Å²) in [5.74, 6) is 1.46. The standard InChI is InChI=1S/C12H13N3O/c1-7(13)11-14-15-12(16-11)10-6-8-4-2-3-5-9(8)10/h2-5,7,10H,6,13H2,1H3. The number of hydrogen-bond donors (Lipinski definition) is 1. The lowest BCUT2D eigenvalue weighted by atomic mass is 9.77. The zero-order valence-electron chi connectivity index (χ0n) is 9.05. The molecule has 2 unspecified atom stereocenters. The SMILES string of the molecule is CC(N)c1nnc(C2Cc3ccccc32)o1. The van der Waals surface area contributed by atoms with E-state index in [1.54, 1.807) is 0 Å². The molecule has 0 saturated heterocycles. The Morgan fingerprint density at radius 2 is 2.19 bits per heavy atom. The maximum Gasteiger partial charge on any atom is 0.232 e. The Bertz CT molecular complexity index is 518. The van der Waals surface area contributed by atoms with E-state index in [2.05, 4.69) is 28.4 Å². The van der Waals surface area contributed by atoms with Crippen molar-refractivity contribution in [2.75, 3.05) is 0 Å². The minimum absolute atomic E-state index is 0.198. The van der Waals surface area contributed by atoms with Gasteiger partial charge in [-0.25, -0.2) is 0 Å². The fraction of sp³-hybridized carbons (Fsp3) is 0.333. The molecule has 4 nitrogen and oxygen atoms in total. The summed E-state index contributed by atoms with van der Waals surface area (Å²) in [5, 5.41) is 8.01. The number of nitrogens with zero attached hydrogens (tertiary/aromatic N) is 2. The second kappa shape index (κ2) is 3.42. The van der Waals surface area contributed by atoms with Crippen molar-refractivity contribution in [2.45, 2.75) is 25.3 Å². The van der Waals surface area contributed by atoms with Crippen molar-refractivity contribution < 1.29 is 4.42 Å². The highest BCUT2D eigenvalue weighted by atomic mass is 16.4. The molecule has 0 amide bonds. The Morgan fingerprint density at radius 1 is 1.38 bits per heavy atom. The quantitative estimate of drug-likeness (QED) is 0.829. The van der Waals surface area contributed by atoms with Crippen molar-refractivity contribution >= 4 is 0 Å². The summed E-state index contributed by atoms with van der Waals surface area (Å²) in [4.78, 5) is 0. The van der Waals surface area contributed by atoms with Crippen molar-refractivity contribution in [3.63, 3.8) is 0 Å². The summed E-state index contributed by atoms with van der Waals surface area (Å²) in [6, 6.07) is 8.13. The van der Waals surface area contributed by atoms with Gasteiger partial charge in [0.15, 0.2) is 0 Å². The van der Waals surface area contributed by atoms with E-state index in [1.165, 1.54) is 11.1 Å². The van der Waals surface area contributed by atoms with Crippen LogP contribution in [0.4, 0.5) is 0 Å². The minimum Gasteiger partial charge on any atom is -0.423 e. The van der Waals surface area contributed by atoms with Gasteiger partial charge in [-0.1, -0.05) is 24.3 Å². The van der Waals surface area contributed by atoms with E-state index in [-0.39, 0.29) is 12.0 Å². The van der Waals surface area contributed by atoms with Crippen LogP contribution in [-0.4, -0.2) is 10.2 Å². The van der Waals surface area contributed by atoms with Crippen LogP contribution in [0.15, 0.2) is 28.7 Å². The van der Waals surface area contributed by atoms with Crippen LogP contribution >= 0.6 is 0 Å². The summed E-state index contributed by atoms with van der Waals surface area (Å²) in [6.45, 7) is 1.84. The Kier molecular flexibility index (Phi) is 2.04. The van der Waals surface area contributed by atoms with Gasteiger partial charge in [-0.2, -0.15) is 0 Å². The Morgan fingerprint density at radius 3 is 2.88 bits per heavy atom. The summed E-state index contributed by atoms with van der Waals surface area (Å²) < 4.78 is 5.56. The van der Waals surface area contributed by atoms with Gasteiger partial charge in [-0.3, -0.25) is 0 Å². The molecule has 0 fully saturated rings. The van der Waals surface area contributed by atoms with Gasteiger partial charge in [0.2, 0.25) is 11.8 Å². The van der Waals surface area contributed by atoms with Gasteiger partial charge < -0.3 is 10.2 Å². The normalized spacial score (nSPS) is 20.0. The van der Waals surface area contributed by atoms with E-state index in [1.807, 2.05) is 13.0 Å². The van der Waals surface area contributed by atoms with Gasteiger partial charge in [0.05, 0.1) is 12.0 Å². The third kappa shape index (κ3) is 1.34. The van der Waals surface area contributed by atoms with Crippen LogP contribution in [0.1, 0.15) is 41.8 Å². The first-order chi connectivity index (χ1) is 7.75. The minimum atomic E-state index is -0.198. The molecule has 0 spiro atoms. The van der Waals surface area contributed by atoms with E-state index in [9.17, 15) is 0 Å². The lowest BCUT2D eigenvalue weighted by Gasteiger charge is -2.26. The molecule has 0 bridgehead atoms. The molecular weight excluding hydrogens is 202 g/mol. The number of hydrogen-bond acceptors (Lipinski definition) is 4. The van der Waals surface area contributed by atoms with E-state index in [4.69, 9.17) is 10.2 Å².